The highest BCUT2D eigenvalue weighted by molar-refractivity contribution is 7.10. The average molecular weight is 257 g/mol. The van der Waals surface area contributed by atoms with Gasteiger partial charge in [-0.05, 0) is 18.4 Å². The van der Waals surface area contributed by atoms with E-state index in [-0.39, 0.29) is 6.04 Å². The Morgan fingerprint density at radius 1 is 1.69 bits per heavy atom. The highest BCUT2D eigenvalue weighted by atomic mass is 35.5. The number of hydrogen-bond acceptors (Lipinski definition) is 4. The maximum atomic E-state index is 6.09. The van der Waals surface area contributed by atoms with Gasteiger partial charge in [-0.25, -0.2) is 5.43 Å². The van der Waals surface area contributed by atoms with Gasteiger partial charge in [-0.3, -0.25) is 10.5 Å². The number of rotatable bonds is 4. The molecule has 2 aromatic heterocycles. The number of nitrogens with one attached hydrogen (secondary N) is 1. The zero-order chi connectivity index (χ0) is 11.5. The van der Waals surface area contributed by atoms with Gasteiger partial charge in [-0.15, -0.1) is 11.3 Å². The molecule has 1 atom stereocenters. The van der Waals surface area contributed by atoms with Crippen molar-refractivity contribution in [2.24, 2.45) is 5.84 Å². The Morgan fingerprint density at radius 2 is 2.50 bits per heavy atom. The highest BCUT2D eigenvalue weighted by Crippen LogP contribution is 2.32. The third-order valence-electron chi connectivity index (χ3n) is 2.38. The largest absolute Gasteiger partial charge is 0.273 e. The summed E-state index contributed by atoms with van der Waals surface area (Å²) < 4.78 is 1.86. The molecule has 2 heterocycles. The van der Waals surface area contributed by atoms with E-state index in [1.165, 1.54) is 0 Å². The van der Waals surface area contributed by atoms with Gasteiger partial charge in [0.15, 0.2) is 0 Å². The third-order valence-corrected chi connectivity index (χ3v) is 3.81. The Balaban J connectivity index is 2.32. The number of nitrogens with two attached hydrogens (primary N) is 1. The summed E-state index contributed by atoms with van der Waals surface area (Å²) in [5.41, 5.74) is 3.79. The van der Waals surface area contributed by atoms with Crippen LogP contribution < -0.4 is 11.3 Å². The van der Waals surface area contributed by atoms with Crippen molar-refractivity contribution in [3.05, 3.63) is 39.3 Å². The lowest BCUT2D eigenvalue weighted by Crippen LogP contribution is -2.28. The van der Waals surface area contributed by atoms with Gasteiger partial charge in [0.2, 0.25) is 0 Å². The first-order valence-corrected chi connectivity index (χ1v) is 6.23. The third kappa shape index (κ3) is 2.12. The van der Waals surface area contributed by atoms with Crippen molar-refractivity contribution in [1.29, 1.82) is 0 Å². The van der Waals surface area contributed by atoms with E-state index < -0.39 is 0 Å². The lowest BCUT2D eigenvalue weighted by Gasteiger charge is -2.12. The van der Waals surface area contributed by atoms with Crippen molar-refractivity contribution in [1.82, 2.24) is 15.2 Å². The van der Waals surface area contributed by atoms with Crippen LogP contribution >= 0.6 is 22.9 Å². The molecule has 0 aliphatic rings. The van der Waals surface area contributed by atoms with Crippen LogP contribution in [-0.2, 0) is 6.54 Å². The number of thiophene rings is 1. The number of aromatic nitrogens is 2. The van der Waals surface area contributed by atoms with Gasteiger partial charge in [0.05, 0.1) is 17.3 Å². The lowest BCUT2D eigenvalue weighted by atomic mass is 10.1. The Bertz CT molecular complexity index is 465. The number of halogens is 1. The standard InChI is InChI=1S/C10H13ClN4S/c1-2-15-6-7(5-13-15)9(14-12)10-8(11)3-4-16-10/h3-6,9,14H,2,12H2,1H3. The molecule has 3 N–H and O–H groups in total. The fourth-order valence-electron chi connectivity index (χ4n) is 1.54. The van der Waals surface area contributed by atoms with Crippen LogP contribution in [0, 0.1) is 0 Å². The Hall–Kier alpha value is -0.880. The average Bonchev–Trinajstić information content (AvgIpc) is 2.90. The molecular formula is C10H13ClN4S. The van der Waals surface area contributed by atoms with Crippen molar-refractivity contribution in [3.8, 4) is 0 Å². The van der Waals surface area contributed by atoms with Crippen molar-refractivity contribution in [3.63, 3.8) is 0 Å². The number of nitrogens with zero attached hydrogens (tertiary/aromatic N) is 2. The molecule has 0 saturated carbocycles. The lowest BCUT2D eigenvalue weighted by molar-refractivity contribution is 0.637. The minimum atomic E-state index is -0.0900. The zero-order valence-electron chi connectivity index (χ0n) is 8.85. The number of aryl methyl sites for hydroxylation is 1. The molecule has 0 bridgehead atoms. The zero-order valence-corrected chi connectivity index (χ0v) is 10.4. The van der Waals surface area contributed by atoms with Crippen LogP contribution in [0.4, 0.5) is 0 Å². The first kappa shape index (κ1) is 11.6. The highest BCUT2D eigenvalue weighted by Gasteiger charge is 2.18. The second-order valence-corrected chi connectivity index (χ2v) is 4.72. The van der Waals surface area contributed by atoms with Gasteiger partial charge in [0.25, 0.3) is 0 Å². The molecule has 6 heteroatoms. The van der Waals surface area contributed by atoms with E-state index in [2.05, 4.69) is 10.5 Å². The van der Waals surface area contributed by atoms with Gasteiger partial charge in [-0.1, -0.05) is 11.6 Å². The summed E-state index contributed by atoms with van der Waals surface area (Å²) in [5, 5.41) is 6.91. The topological polar surface area (TPSA) is 55.9 Å². The molecule has 1 unspecified atom stereocenters. The number of hydrogen-bond donors (Lipinski definition) is 2. The summed E-state index contributed by atoms with van der Waals surface area (Å²) in [6.07, 6.45) is 3.78. The van der Waals surface area contributed by atoms with Crippen LogP contribution in [0.25, 0.3) is 0 Å². The molecule has 86 valence electrons. The van der Waals surface area contributed by atoms with Gasteiger partial charge >= 0.3 is 0 Å². The van der Waals surface area contributed by atoms with E-state index in [4.69, 9.17) is 17.4 Å². The normalized spacial score (nSPS) is 12.9. The van der Waals surface area contributed by atoms with Crippen LogP contribution in [0.1, 0.15) is 23.4 Å². The molecule has 2 rings (SSSR count). The van der Waals surface area contributed by atoms with Gasteiger partial charge in [-0.2, -0.15) is 5.10 Å². The molecule has 16 heavy (non-hydrogen) atoms. The maximum absolute atomic E-state index is 6.09. The molecule has 0 aromatic carbocycles. The van der Waals surface area contributed by atoms with Crippen LogP contribution in [0.3, 0.4) is 0 Å². The fraction of sp³-hybridized carbons (Fsp3) is 0.300. The van der Waals surface area contributed by atoms with E-state index in [1.807, 2.05) is 35.4 Å². The summed E-state index contributed by atoms with van der Waals surface area (Å²) >= 11 is 7.67. The second kappa shape index (κ2) is 4.97. The summed E-state index contributed by atoms with van der Waals surface area (Å²) in [4.78, 5) is 1.01. The Morgan fingerprint density at radius 3 is 3.00 bits per heavy atom. The van der Waals surface area contributed by atoms with E-state index in [0.717, 1.165) is 22.0 Å². The summed E-state index contributed by atoms with van der Waals surface area (Å²) in [5.74, 6) is 5.58. The smallest absolute Gasteiger partial charge is 0.0847 e. The summed E-state index contributed by atoms with van der Waals surface area (Å²) in [6, 6.07) is 1.78. The predicted octanol–water partition coefficient (Wildman–Crippen LogP) is 2.17. The molecule has 0 radical (unpaired) electrons. The SMILES string of the molecule is CCn1cc(C(NN)c2sccc2Cl)cn1. The molecule has 0 saturated heterocycles. The molecular weight excluding hydrogens is 244 g/mol. The first-order chi connectivity index (χ1) is 7.76. The van der Waals surface area contributed by atoms with Crippen molar-refractivity contribution < 1.29 is 0 Å². The summed E-state index contributed by atoms with van der Waals surface area (Å²) in [6.45, 7) is 2.88. The minimum absolute atomic E-state index is 0.0900. The maximum Gasteiger partial charge on any atom is 0.0847 e. The van der Waals surface area contributed by atoms with Crippen LogP contribution in [0.15, 0.2) is 23.8 Å². The second-order valence-electron chi connectivity index (χ2n) is 3.36. The quantitative estimate of drug-likeness (QED) is 0.651. The predicted molar refractivity (Wildman–Crippen MR) is 66.4 cm³/mol. The molecule has 0 amide bonds. The summed E-state index contributed by atoms with van der Waals surface area (Å²) in [7, 11) is 0. The Labute approximate surface area is 103 Å². The van der Waals surface area contributed by atoms with E-state index in [9.17, 15) is 0 Å². The molecule has 0 aliphatic heterocycles. The van der Waals surface area contributed by atoms with Crippen LogP contribution in [0.2, 0.25) is 5.02 Å². The van der Waals surface area contributed by atoms with Gasteiger partial charge in [0.1, 0.15) is 0 Å². The molecule has 0 fully saturated rings. The van der Waals surface area contributed by atoms with Crippen LogP contribution in [0.5, 0.6) is 0 Å². The first-order valence-electron chi connectivity index (χ1n) is 4.97. The monoisotopic (exact) mass is 256 g/mol. The number of hydrazine groups is 1. The van der Waals surface area contributed by atoms with Gasteiger partial charge < -0.3 is 0 Å². The molecule has 0 spiro atoms. The fourth-order valence-corrected chi connectivity index (χ4v) is 2.79. The van der Waals surface area contributed by atoms with E-state index in [0.29, 0.717) is 0 Å². The molecule has 4 nitrogen and oxygen atoms in total. The Kier molecular flexibility index (Phi) is 3.60. The van der Waals surface area contributed by atoms with Crippen molar-refractivity contribution in [2.75, 3.05) is 0 Å². The van der Waals surface area contributed by atoms with E-state index in [1.54, 1.807) is 11.3 Å². The van der Waals surface area contributed by atoms with Crippen LogP contribution in [-0.4, -0.2) is 9.78 Å². The van der Waals surface area contributed by atoms with E-state index >= 15 is 0 Å². The molecule has 0 aliphatic carbocycles. The van der Waals surface area contributed by atoms with Crippen molar-refractivity contribution in [2.45, 2.75) is 19.5 Å². The van der Waals surface area contributed by atoms with Gasteiger partial charge in [0, 0.05) is 23.2 Å². The molecule has 2 aromatic rings. The minimum Gasteiger partial charge on any atom is -0.273 e. The van der Waals surface area contributed by atoms with Crippen molar-refractivity contribution >= 4 is 22.9 Å².